The molecule has 0 aromatic heterocycles. The zero-order valence-corrected chi connectivity index (χ0v) is 9.17. The van der Waals surface area contributed by atoms with Gasteiger partial charge >= 0.3 is 0 Å². The van der Waals surface area contributed by atoms with Crippen LogP contribution in [0.3, 0.4) is 0 Å². The minimum Gasteiger partial charge on any atom is -0.259 e. The molecule has 4 nitrogen and oxygen atoms in total. The molecule has 0 radical (unpaired) electrons. The molecule has 0 atom stereocenters. The summed E-state index contributed by atoms with van der Waals surface area (Å²) in [7, 11) is -3.11. The highest BCUT2D eigenvalue weighted by molar-refractivity contribution is 8.70. The highest BCUT2D eigenvalue weighted by Gasteiger charge is 2.25. The average Bonchev–Trinajstić information content (AvgIpc) is 2.05. The predicted octanol–water partition coefficient (Wildman–Crippen LogP) is -0.342. The van der Waals surface area contributed by atoms with Crippen LogP contribution >= 0.6 is 10.8 Å². The Hall–Kier alpha value is 0.410. The van der Waals surface area contributed by atoms with Crippen molar-refractivity contribution in [3.8, 4) is 0 Å². The molecule has 1 fully saturated rings. The van der Waals surface area contributed by atoms with Gasteiger partial charge in [0.15, 0.2) is 0 Å². The third kappa shape index (κ3) is 2.45. The van der Waals surface area contributed by atoms with E-state index < -0.39 is 19.9 Å². The SMILES string of the molecule is CSS(=O)(=O)N1CCS(=O)CC1. The smallest absolute Gasteiger partial charge is 0.259 e. The van der Waals surface area contributed by atoms with Crippen LogP contribution in [0, 0.1) is 0 Å². The number of hydrogen-bond acceptors (Lipinski definition) is 4. The molecule has 1 heterocycles. The molecule has 72 valence electrons. The molecular weight excluding hydrogens is 218 g/mol. The minimum atomic E-state index is -3.13. The largest absolute Gasteiger partial charge is 0.267 e. The van der Waals surface area contributed by atoms with Crippen molar-refractivity contribution in [3.63, 3.8) is 0 Å². The molecular formula is C5H11NO3S3. The van der Waals surface area contributed by atoms with E-state index >= 15 is 0 Å². The second-order valence-electron chi connectivity index (χ2n) is 2.37. The van der Waals surface area contributed by atoms with Crippen LogP contribution in [0.5, 0.6) is 0 Å². The fraction of sp³-hybridized carbons (Fsp3) is 1.00. The van der Waals surface area contributed by atoms with Crippen molar-refractivity contribution in [2.24, 2.45) is 0 Å². The monoisotopic (exact) mass is 229 g/mol. The second-order valence-corrected chi connectivity index (χ2v) is 8.04. The van der Waals surface area contributed by atoms with Crippen molar-refractivity contribution in [3.05, 3.63) is 0 Å². The molecule has 0 aromatic rings. The zero-order valence-electron chi connectivity index (χ0n) is 6.73. The molecule has 1 saturated heterocycles. The summed E-state index contributed by atoms with van der Waals surface area (Å²) in [4.78, 5) is 0. The molecule has 12 heavy (non-hydrogen) atoms. The van der Waals surface area contributed by atoms with E-state index in [0.29, 0.717) is 24.6 Å². The predicted molar refractivity (Wildman–Crippen MR) is 51.9 cm³/mol. The van der Waals surface area contributed by atoms with Crippen molar-refractivity contribution < 1.29 is 12.6 Å². The van der Waals surface area contributed by atoms with E-state index in [1.54, 1.807) is 6.26 Å². The summed E-state index contributed by atoms with van der Waals surface area (Å²) in [5.74, 6) is 0.944. The minimum absolute atomic E-state index is 0.399. The first-order chi connectivity index (χ1) is 5.56. The molecule has 0 aliphatic carbocycles. The molecule has 1 rings (SSSR count). The Balaban J connectivity index is 2.62. The highest BCUT2D eigenvalue weighted by atomic mass is 33.1. The maximum atomic E-state index is 11.3. The van der Waals surface area contributed by atoms with E-state index in [1.165, 1.54) is 4.31 Å². The van der Waals surface area contributed by atoms with Gasteiger partial charge in [-0.25, -0.2) is 8.42 Å². The van der Waals surface area contributed by atoms with Crippen LogP contribution in [0.1, 0.15) is 0 Å². The quantitative estimate of drug-likeness (QED) is 0.608. The van der Waals surface area contributed by atoms with Gasteiger partial charge in [-0.3, -0.25) is 4.21 Å². The first kappa shape index (κ1) is 10.5. The van der Waals surface area contributed by atoms with Crippen LogP contribution in [0.15, 0.2) is 0 Å². The molecule has 0 bridgehead atoms. The lowest BCUT2D eigenvalue weighted by atomic mass is 10.6. The van der Waals surface area contributed by atoms with Gasteiger partial charge < -0.3 is 0 Å². The third-order valence-corrected chi connectivity index (χ3v) is 6.25. The zero-order chi connectivity index (χ0) is 9.19. The Kier molecular flexibility index (Phi) is 3.57. The second kappa shape index (κ2) is 4.08. The van der Waals surface area contributed by atoms with E-state index in [4.69, 9.17) is 0 Å². The van der Waals surface area contributed by atoms with Gasteiger partial charge in [0, 0.05) is 35.4 Å². The molecule has 0 aromatic carbocycles. The standard InChI is InChI=1S/C5H11NO3S3/c1-10-12(8,9)6-2-4-11(7)5-3-6/h2-5H2,1H3. The van der Waals surface area contributed by atoms with Gasteiger partial charge in [-0.2, -0.15) is 4.31 Å². The number of hydrogen-bond donors (Lipinski definition) is 0. The summed E-state index contributed by atoms with van der Waals surface area (Å²) in [6.45, 7) is 0.797. The molecule has 1 aliphatic rings. The van der Waals surface area contributed by atoms with E-state index in [9.17, 15) is 12.6 Å². The Morgan fingerprint density at radius 3 is 2.25 bits per heavy atom. The fourth-order valence-corrected chi connectivity index (χ4v) is 4.15. The molecule has 0 spiro atoms. The lowest BCUT2D eigenvalue weighted by molar-refractivity contribution is 0.451. The van der Waals surface area contributed by atoms with Crippen molar-refractivity contribution in [1.29, 1.82) is 0 Å². The van der Waals surface area contributed by atoms with Gasteiger partial charge in [0.2, 0.25) is 0 Å². The van der Waals surface area contributed by atoms with Gasteiger partial charge in [0.1, 0.15) is 0 Å². The van der Waals surface area contributed by atoms with E-state index in [0.717, 1.165) is 10.8 Å². The van der Waals surface area contributed by atoms with E-state index in [-0.39, 0.29) is 0 Å². The summed E-state index contributed by atoms with van der Waals surface area (Å²) in [5, 5.41) is 0. The van der Waals surface area contributed by atoms with Crippen molar-refractivity contribution >= 4 is 30.6 Å². The van der Waals surface area contributed by atoms with Crippen LogP contribution in [0.4, 0.5) is 0 Å². The molecule has 1 aliphatic heterocycles. The molecule has 0 saturated carbocycles. The summed E-state index contributed by atoms with van der Waals surface area (Å²) in [6.07, 6.45) is 1.54. The van der Waals surface area contributed by atoms with Crippen molar-refractivity contribution in [1.82, 2.24) is 4.31 Å². The van der Waals surface area contributed by atoms with Crippen LogP contribution in [-0.4, -0.2) is 47.8 Å². The molecule has 0 N–H and O–H groups in total. The summed E-state index contributed by atoms with van der Waals surface area (Å²) in [6, 6.07) is 0. The Morgan fingerprint density at radius 2 is 1.83 bits per heavy atom. The van der Waals surface area contributed by atoms with Crippen LogP contribution in [-0.2, 0) is 19.9 Å². The third-order valence-electron chi connectivity index (χ3n) is 1.66. The van der Waals surface area contributed by atoms with Gasteiger partial charge in [0.05, 0.1) is 0 Å². The van der Waals surface area contributed by atoms with Gasteiger partial charge in [-0.1, -0.05) is 0 Å². The maximum absolute atomic E-state index is 11.3. The van der Waals surface area contributed by atoms with Crippen LogP contribution in [0.25, 0.3) is 0 Å². The molecule has 0 unspecified atom stereocenters. The number of rotatable bonds is 2. The molecule has 7 heteroatoms. The van der Waals surface area contributed by atoms with Gasteiger partial charge in [-0.05, 0) is 17.0 Å². The lowest BCUT2D eigenvalue weighted by Crippen LogP contribution is -2.40. The lowest BCUT2D eigenvalue weighted by Gasteiger charge is -2.23. The Bertz CT molecular complexity index is 264. The molecule has 0 amide bonds. The normalized spacial score (nSPS) is 22.8. The Morgan fingerprint density at radius 1 is 1.33 bits per heavy atom. The topological polar surface area (TPSA) is 54.5 Å². The van der Waals surface area contributed by atoms with E-state index in [1.807, 2.05) is 0 Å². The van der Waals surface area contributed by atoms with Crippen molar-refractivity contribution in [2.75, 3.05) is 30.9 Å². The summed E-state index contributed by atoms with van der Waals surface area (Å²) in [5.41, 5.74) is 0. The first-order valence-corrected chi connectivity index (χ1v) is 8.14. The summed E-state index contributed by atoms with van der Waals surface area (Å²) >= 11 is 0. The van der Waals surface area contributed by atoms with Crippen LogP contribution < -0.4 is 0 Å². The van der Waals surface area contributed by atoms with Crippen molar-refractivity contribution in [2.45, 2.75) is 0 Å². The van der Waals surface area contributed by atoms with Gasteiger partial charge in [-0.15, -0.1) is 0 Å². The van der Waals surface area contributed by atoms with Gasteiger partial charge in [0.25, 0.3) is 9.06 Å². The maximum Gasteiger partial charge on any atom is 0.267 e. The summed E-state index contributed by atoms with van der Waals surface area (Å²) < 4.78 is 34.8. The van der Waals surface area contributed by atoms with Crippen LogP contribution in [0.2, 0.25) is 0 Å². The highest BCUT2D eigenvalue weighted by Crippen LogP contribution is 2.16. The average molecular weight is 229 g/mol. The van der Waals surface area contributed by atoms with E-state index in [2.05, 4.69) is 0 Å². The first-order valence-electron chi connectivity index (χ1n) is 3.47. The fourth-order valence-electron chi connectivity index (χ4n) is 0.950. The Labute approximate surface area is 78.6 Å². The number of nitrogens with zero attached hydrogens (tertiary/aromatic N) is 1.